The highest BCUT2D eigenvalue weighted by molar-refractivity contribution is 5.76. The van der Waals surface area contributed by atoms with Gasteiger partial charge in [-0.05, 0) is 51.4 Å². The first kappa shape index (κ1) is 84.3. The van der Waals surface area contributed by atoms with Crippen molar-refractivity contribution in [3.05, 3.63) is 48.6 Å². The highest BCUT2D eigenvalue weighted by atomic mass is 16.3. The molecule has 0 aromatic carbocycles. The molecule has 0 bridgehead atoms. The Morgan fingerprint density at radius 1 is 0.291 bits per heavy atom. The van der Waals surface area contributed by atoms with Gasteiger partial charge in [-0.3, -0.25) is 4.79 Å². The number of aliphatic hydroxyl groups is 2. The fourth-order valence-electron chi connectivity index (χ4n) is 12.9. The number of amides is 1. The van der Waals surface area contributed by atoms with Gasteiger partial charge < -0.3 is 15.5 Å². The first-order chi connectivity index (χ1) is 42.7. The summed E-state index contributed by atoms with van der Waals surface area (Å²) >= 11 is 0. The molecule has 508 valence electrons. The predicted octanol–water partition coefficient (Wildman–Crippen LogP) is 27.6. The van der Waals surface area contributed by atoms with E-state index >= 15 is 0 Å². The predicted molar refractivity (Wildman–Crippen MR) is 387 cm³/mol. The highest BCUT2D eigenvalue weighted by Gasteiger charge is 2.20. The van der Waals surface area contributed by atoms with Gasteiger partial charge >= 0.3 is 0 Å². The van der Waals surface area contributed by atoms with Crippen molar-refractivity contribution < 1.29 is 15.0 Å². The van der Waals surface area contributed by atoms with Crippen molar-refractivity contribution in [1.29, 1.82) is 0 Å². The van der Waals surface area contributed by atoms with Gasteiger partial charge in [-0.25, -0.2) is 0 Å². The molecule has 0 aliphatic heterocycles. The summed E-state index contributed by atoms with van der Waals surface area (Å²) in [7, 11) is 0. The third-order valence-electron chi connectivity index (χ3n) is 18.9. The first-order valence-corrected chi connectivity index (χ1v) is 39.8. The zero-order chi connectivity index (χ0) is 61.9. The van der Waals surface area contributed by atoms with E-state index in [1.165, 1.54) is 372 Å². The third-order valence-corrected chi connectivity index (χ3v) is 18.9. The van der Waals surface area contributed by atoms with Crippen LogP contribution in [0.25, 0.3) is 0 Å². The summed E-state index contributed by atoms with van der Waals surface area (Å²) in [6.45, 7) is 4.30. The molecule has 2 atom stereocenters. The normalized spacial score (nSPS) is 12.8. The Balaban J connectivity index is 3.35. The largest absolute Gasteiger partial charge is 0.394 e. The van der Waals surface area contributed by atoms with Crippen molar-refractivity contribution in [2.24, 2.45) is 0 Å². The van der Waals surface area contributed by atoms with E-state index in [1.54, 1.807) is 0 Å². The highest BCUT2D eigenvalue weighted by Crippen LogP contribution is 2.21. The lowest BCUT2D eigenvalue weighted by Crippen LogP contribution is -2.45. The van der Waals surface area contributed by atoms with Crippen molar-refractivity contribution in [2.45, 2.75) is 463 Å². The molecule has 0 saturated carbocycles. The Hall–Kier alpha value is -1.65. The zero-order valence-electron chi connectivity index (χ0n) is 58.9. The minimum absolute atomic E-state index is 0.0206. The number of carbonyl (C=O) groups excluding carboxylic acids is 1. The molecule has 1 amide bonds. The number of hydrogen-bond acceptors (Lipinski definition) is 3. The van der Waals surface area contributed by atoms with E-state index in [1.807, 2.05) is 0 Å². The standard InChI is InChI=1S/C82H157NO3/c1-3-5-7-9-11-13-15-17-19-21-23-25-27-29-31-33-35-37-38-39-40-41-42-43-44-46-48-50-52-54-56-58-60-62-64-66-68-70-72-74-76-78-82(86)83-80(79-84)81(85)77-75-73-71-69-67-65-63-61-59-57-55-53-51-49-47-45-36-34-32-30-28-26-24-22-20-18-16-14-12-10-8-6-4-2/h5,7,11,13,17,19,23,25,80-81,84-85H,3-4,6,8-10,12,14-16,18,20-22,24,26-79H2,1-2H3,(H,83,86)/b7-5-,13-11-,19-17-,25-23-. The van der Waals surface area contributed by atoms with E-state index in [0.717, 1.165) is 51.4 Å². The monoisotopic (exact) mass is 1200 g/mol. The first-order valence-electron chi connectivity index (χ1n) is 39.8. The lowest BCUT2D eigenvalue weighted by Gasteiger charge is -2.22. The van der Waals surface area contributed by atoms with Crippen LogP contribution in [0, 0.1) is 0 Å². The quantitative estimate of drug-likeness (QED) is 0.0420. The van der Waals surface area contributed by atoms with Gasteiger partial charge in [-0.1, -0.05) is 441 Å². The average molecular weight is 1210 g/mol. The molecule has 4 heteroatoms. The lowest BCUT2D eigenvalue weighted by molar-refractivity contribution is -0.123. The van der Waals surface area contributed by atoms with Crippen molar-refractivity contribution >= 4 is 5.91 Å². The maximum atomic E-state index is 12.6. The van der Waals surface area contributed by atoms with Crippen LogP contribution in [0.5, 0.6) is 0 Å². The van der Waals surface area contributed by atoms with E-state index in [2.05, 4.69) is 67.8 Å². The van der Waals surface area contributed by atoms with Crippen LogP contribution in [0.15, 0.2) is 48.6 Å². The van der Waals surface area contributed by atoms with Gasteiger partial charge in [0.25, 0.3) is 0 Å². The number of unbranched alkanes of at least 4 members (excludes halogenated alkanes) is 60. The second-order valence-corrected chi connectivity index (χ2v) is 27.5. The van der Waals surface area contributed by atoms with Crippen LogP contribution in [0.3, 0.4) is 0 Å². The van der Waals surface area contributed by atoms with Gasteiger partial charge in [0.15, 0.2) is 0 Å². The fraction of sp³-hybridized carbons (Fsp3) is 0.890. The van der Waals surface area contributed by atoms with Crippen molar-refractivity contribution in [1.82, 2.24) is 5.32 Å². The Morgan fingerprint density at radius 2 is 0.512 bits per heavy atom. The van der Waals surface area contributed by atoms with Gasteiger partial charge in [0, 0.05) is 6.42 Å². The van der Waals surface area contributed by atoms with Crippen LogP contribution in [0.4, 0.5) is 0 Å². The summed E-state index contributed by atoms with van der Waals surface area (Å²) in [5.74, 6) is -0.0206. The van der Waals surface area contributed by atoms with Crippen LogP contribution in [-0.2, 0) is 4.79 Å². The van der Waals surface area contributed by atoms with Gasteiger partial charge in [-0.15, -0.1) is 0 Å². The van der Waals surface area contributed by atoms with Crippen molar-refractivity contribution in [2.75, 3.05) is 6.61 Å². The van der Waals surface area contributed by atoms with E-state index < -0.39 is 12.1 Å². The fourth-order valence-corrected chi connectivity index (χ4v) is 12.9. The van der Waals surface area contributed by atoms with Crippen molar-refractivity contribution in [3.63, 3.8) is 0 Å². The molecule has 3 N–H and O–H groups in total. The molecule has 2 unspecified atom stereocenters. The summed E-state index contributed by atoms with van der Waals surface area (Å²) in [6.07, 6.45) is 109. The number of aliphatic hydroxyl groups excluding tert-OH is 2. The second kappa shape index (κ2) is 77.6. The number of allylic oxidation sites excluding steroid dienone is 8. The van der Waals surface area contributed by atoms with Crippen LogP contribution < -0.4 is 5.32 Å². The van der Waals surface area contributed by atoms with Gasteiger partial charge in [0.1, 0.15) is 0 Å². The van der Waals surface area contributed by atoms with Gasteiger partial charge in [-0.2, -0.15) is 0 Å². The smallest absolute Gasteiger partial charge is 0.220 e. The summed E-state index contributed by atoms with van der Waals surface area (Å²) in [5, 5.41) is 23.5. The third kappa shape index (κ3) is 73.1. The van der Waals surface area contributed by atoms with Crippen LogP contribution >= 0.6 is 0 Å². The molecular weight excluding hydrogens is 1050 g/mol. The molecule has 0 fully saturated rings. The molecule has 0 aromatic rings. The van der Waals surface area contributed by atoms with E-state index in [4.69, 9.17) is 0 Å². The molecule has 0 aliphatic rings. The van der Waals surface area contributed by atoms with Gasteiger partial charge in [0.2, 0.25) is 5.91 Å². The number of carbonyl (C=O) groups is 1. The number of rotatable bonds is 75. The summed E-state index contributed by atoms with van der Waals surface area (Å²) in [6, 6.07) is -0.537. The second-order valence-electron chi connectivity index (χ2n) is 27.5. The molecule has 0 spiro atoms. The molecular formula is C82H157NO3. The topological polar surface area (TPSA) is 69.6 Å². The molecule has 86 heavy (non-hydrogen) atoms. The number of hydrogen-bond donors (Lipinski definition) is 3. The maximum Gasteiger partial charge on any atom is 0.220 e. The Labute approximate surface area is 541 Å². The van der Waals surface area contributed by atoms with E-state index in [9.17, 15) is 15.0 Å². The minimum atomic E-state index is -0.660. The Kier molecular flexibility index (Phi) is 76.1. The van der Waals surface area contributed by atoms with E-state index in [-0.39, 0.29) is 12.5 Å². The van der Waals surface area contributed by atoms with Crippen LogP contribution in [0.2, 0.25) is 0 Å². The molecule has 0 saturated heterocycles. The summed E-state index contributed by atoms with van der Waals surface area (Å²) < 4.78 is 0. The Bertz CT molecular complexity index is 1370. The molecule has 4 nitrogen and oxygen atoms in total. The molecule has 0 aromatic heterocycles. The Morgan fingerprint density at radius 3 is 0.767 bits per heavy atom. The number of nitrogens with one attached hydrogen (secondary N) is 1. The molecule has 0 radical (unpaired) electrons. The zero-order valence-corrected chi connectivity index (χ0v) is 58.9. The van der Waals surface area contributed by atoms with Crippen LogP contribution in [0.1, 0.15) is 450 Å². The van der Waals surface area contributed by atoms with E-state index in [0.29, 0.717) is 12.8 Å². The average Bonchev–Trinajstić information content (AvgIpc) is 3.59. The van der Waals surface area contributed by atoms with Crippen LogP contribution in [-0.4, -0.2) is 34.9 Å². The molecule has 0 aliphatic carbocycles. The molecule has 0 heterocycles. The maximum absolute atomic E-state index is 12.6. The van der Waals surface area contributed by atoms with Crippen molar-refractivity contribution in [3.8, 4) is 0 Å². The van der Waals surface area contributed by atoms with Gasteiger partial charge in [0.05, 0.1) is 18.8 Å². The minimum Gasteiger partial charge on any atom is -0.394 e. The lowest BCUT2D eigenvalue weighted by atomic mass is 10.0. The molecule has 0 rings (SSSR count). The summed E-state index contributed by atoms with van der Waals surface area (Å²) in [4.78, 5) is 12.6. The summed E-state index contributed by atoms with van der Waals surface area (Å²) in [5.41, 5.74) is 0. The SMILES string of the molecule is CC/C=C\C/C=C\C/C=C\C/C=C\CCCCCCCCCCCCCCCCCCCCCCCCCCCCCCC(=O)NC(CO)C(O)CCCCCCCCCCCCCCCCCCCCCCCCCCCCCCCCCCC.